The van der Waals surface area contributed by atoms with Crippen LogP contribution in [0.15, 0.2) is 22.7 Å². The highest BCUT2D eigenvalue weighted by Crippen LogP contribution is 2.27. The highest BCUT2D eigenvalue weighted by Gasteiger charge is 2.09. The summed E-state index contributed by atoms with van der Waals surface area (Å²) < 4.78 is 5.17. The number of rotatable bonds is 5. The molecule has 0 saturated heterocycles. The van der Waals surface area contributed by atoms with Crippen molar-refractivity contribution in [1.82, 2.24) is 15.5 Å². The van der Waals surface area contributed by atoms with Gasteiger partial charge >= 0.3 is 0 Å². The van der Waals surface area contributed by atoms with Gasteiger partial charge in [0, 0.05) is 12.0 Å². The molecule has 0 bridgehead atoms. The smallest absolute Gasteiger partial charge is 0.227 e. The Labute approximate surface area is 115 Å². The standard InChI is InChI=1S/C12H13Cl2N3O/c1-15-6-2-3-11-16-12(17-18-11)8-4-5-9(13)10(14)7-8/h4-5,7,15H,2-3,6H2,1H3. The second-order valence-corrected chi connectivity index (χ2v) is 4.66. The first-order valence-corrected chi connectivity index (χ1v) is 6.39. The number of nitrogens with one attached hydrogen (secondary N) is 1. The number of nitrogens with zero attached hydrogens (tertiary/aromatic N) is 2. The largest absolute Gasteiger partial charge is 0.339 e. The van der Waals surface area contributed by atoms with Crippen LogP contribution >= 0.6 is 23.2 Å². The molecule has 6 heteroatoms. The third-order valence-electron chi connectivity index (χ3n) is 2.46. The van der Waals surface area contributed by atoms with Gasteiger partial charge in [0.2, 0.25) is 11.7 Å². The summed E-state index contributed by atoms with van der Waals surface area (Å²) in [6.45, 7) is 0.921. The van der Waals surface area contributed by atoms with Crippen molar-refractivity contribution < 1.29 is 4.52 Å². The SMILES string of the molecule is CNCCCc1nc(-c2ccc(Cl)c(Cl)c2)no1. The summed E-state index contributed by atoms with van der Waals surface area (Å²) >= 11 is 11.8. The van der Waals surface area contributed by atoms with Crippen LogP contribution in [0.2, 0.25) is 10.0 Å². The highest BCUT2D eigenvalue weighted by atomic mass is 35.5. The van der Waals surface area contributed by atoms with Gasteiger partial charge in [-0.25, -0.2) is 0 Å². The molecule has 0 aliphatic heterocycles. The predicted octanol–water partition coefficient (Wildman–Crippen LogP) is 3.20. The topological polar surface area (TPSA) is 51.0 Å². The van der Waals surface area contributed by atoms with E-state index in [9.17, 15) is 0 Å². The molecule has 0 aliphatic carbocycles. The number of hydrogen-bond donors (Lipinski definition) is 1. The van der Waals surface area contributed by atoms with E-state index < -0.39 is 0 Å². The number of aryl methyl sites for hydroxylation is 1. The van der Waals surface area contributed by atoms with Gasteiger partial charge in [-0.1, -0.05) is 28.4 Å². The van der Waals surface area contributed by atoms with Gasteiger partial charge in [-0.2, -0.15) is 4.98 Å². The summed E-state index contributed by atoms with van der Waals surface area (Å²) in [5.41, 5.74) is 0.799. The lowest BCUT2D eigenvalue weighted by Crippen LogP contribution is -2.08. The minimum atomic E-state index is 0.482. The Kier molecular flexibility index (Phi) is 4.58. The fourth-order valence-corrected chi connectivity index (χ4v) is 1.82. The van der Waals surface area contributed by atoms with Gasteiger partial charge in [0.25, 0.3) is 0 Å². The number of hydrogen-bond acceptors (Lipinski definition) is 4. The molecule has 0 atom stereocenters. The lowest BCUT2D eigenvalue weighted by atomic mass is 10.2. The zero-order chi connectivity index (χ0) is 13.0. The maximum absolute atomic E-state index is 5.95. The van der Waals surface area contributed by atoms with Gasteiger partial charge in [0.15, 0.2) is 0 Å². The zero-order valence-electron chi connectivity index (χ0n) is 9.91. The van der Waals surface area contributed by atoms with E-state index in [0.29, 0.717) is 21.8 Å². The van der Waals surface area contributed by atoms with Crippen LogP contribution in [0.1, 0.15) is 12.3 Å². The van der Waals surface area contributed by atoms with Crippen LogP contribution in [0.3, 0.4) is 0 Å². The average molecular weight is 286 g/mol. The minimum absolute atomic E-state index is 0.482. The molecule has 96 valence electrons. The summed E-state index contributed by atoms with van der Waals surface area (Å²) in [5.74, 6) is 1.17. The van der Waals surface area contributed by atoms with Crippen LogP contribution in [-0.2, 0) is 6.42 Å². The molecular weight excluding hydrogens is 273 g/mol. The van der Waals surface area contributed by atoms with Crippen LogP contribution in [0.25, 0.3) is 11.4 Å². The summed E-state index contributed by atoms with van der Waals surface area (Å²) in [6.07, 6.45) is 1.72. The van der Waals surface area contributed by atoms with Crippen LogP contribution in [-0.4, -0.2) is 23.7 Å². The van der Waals surface area contributed by atoms with Gasteiger partial charge in [0.05, 0.1) is 10.0 Å². The second-order valence-electron chi connectivity index (χ2n) is 3.85. The summed E-state index contributed by atoms with van der Waals surface area (Å²) in [5, 5.41) is 7.99. The Hall–Kier alpha value is -1.10. The average Bonchev–Trinajstić information content (AvgIpc) is 2.82. The fourth-order valence-electron chi connectivity index (χ4n) is 1.53. The van der Waals surface area contributed by atoms with E-state index in [1.165, 1.54) is 0 Å². The molecule has 1 aromatic carbocycles. The van der Waals surface area contributed by atoms with E-state index in [4.69, 9.17) is 27.7 Å². The molecule has 1 aromatic heterocycles. The molecular formula is C12H13Cl2N3O. The number of aromatic nitrogens is 2. The molecule has 1 N–H and O–H groups in total. The molecule has 0 unspecified atom stereocenters. The van der Waals surface area contributed by atoms with Crippen LogP contribution in [0, 0.1) is 0 Å². The highest BCUT2D eigenvalue weighted by molar-refractivity contribution is 6.42. The van der Waals surface area contributed by atoms with E-state index in [1.54, 1.807) is 12.1 Å². The van der Waals surface area contributed by atoms with Crippen LogP contribution < -0.4 is 5.32 Å². The maximum atomic E-state index is 5.95. The first-order chi connectivity index (χ1) is 8.70. The number of benzene rings is 1. The van der Waals surface area contributed by atoms with Crippen molar-refractivity contribution in [2.24, 2.45) is 0 Å². The Bertz CT molecular complexity index is 528. The zero-order valence-corrected chi connectivity index (χ0v) is 11.4. The molecule has 2 rings (SSSR count). The summed E-state index contributed by atoms with van der Waals surface area (Å²) in [6, 6.07) is 5.26. The van der Waals surface area contributed by atoms with Crippen molar-refractivity contribution in [3.8, 4) is 11.4 Å². The van der Waals surface area contributed by atoms with Crippen molar-refractivity contribution in [3.63, 3.8) is 0 Å². The van der Waals surface area contributed by atoms with E-state index in [-0.39, 0.29) is 0 Å². The third kappa shape index (κ3) is 3.22. The van der Waals surface area contributed by atoms with Crippen molar-refractivity contribution >= 4 is 23.2 Å². The monoisotopic (exact) mass is 285 g/mol. The second kappa shape index (κ2) is 6.18. The normalized spacial score (nSPS) is 10.8. The fraction of sp³-hybridized carbons (Fsp3) is 0.333. The molecule has 0 amide bonds. The predicted molar refractivity (Wildman–Crippen MR) is 72.0 cm³/mol. The third-order valence-corrected chi connectivity index (χ3v) is 3.20. The number of halogens is 2. The molecule has 2 aromatic rings. The van der Waals surface area contributed by atoms with E-state index in [1.807, 2.05) is 13.1 Å². The van der Waals surface area contributed by atoms with Gasteiger partial charge in [-0.3, -0.25) is 0 Å². The molecule has 18 heavy (non-hydrogen) atoms. The first-order valence-electron chi connectivity index (χ1n) is 5.63. The first kappa shape index (κ1) is 13.3. The quantitative estimate of drug-likeness (QED) is 0.858. The Morgan fingerprint density at radius 3 is 2.83 bits per heavy atom. The van der Waals surface area contributed by atoms with Gasteiger partial charge in [-0.05, 0) is 38.2 Å². The van der Waals surface area contributed by atoms with E-state index in [2.05, 4.69) is 15.5 Å². The van der Waals surface area contributed by atoms with Crippen molar-refractivity contribution in [2.75, 3.05) is 13.6 Å². The molecule has 0 fully saturated rings. The Morgan fingerprint density at radius 1 is 1.28 bits per heavy atom. The maximum Gasteiger partial charge on any atom is 0.227 e. The van der Waals surface area contributed by atoms with E-state index >= 15 is 0 Å². The van der Waals surface area contributed by atoms with Gasteiger partial charge in [0.1, 0.15) is 0 Å². The molecule has 0 radical (unpaired) electrons. The lowest BCUT2D eigenvalue weighted by molar-refractivity contribution is 0.375. The van der Waals surface area contributed by atoms with Crippen LogP contribution in [0.5, 0.6) is 0 Å². The lowest BCUT2D eigenvalue weighted by Gasteiger charge is -1.97. The minimum Gasteiger partial charge on any atom is -0.339 e. The van der Waals surface area contributed by atoms with Crippen molar-refractivity contribution in [1.29, 1.82) is 0 Å². The molecule has 4 nitrogen and oxygen atoms in total. The van der Waals surface area contributed by atoms with Crippen molar-refractivity contribution in [3.05, 3.63) is 34.1 Å². The Balaban J connectivity index is 2.11. The molecule has 0 spiro atoms. The summed E-state index contributed by atoms with van der Waals surface area (Å²) in [4.78, 5) is 4.32. The molecule has 1 heterocycles. The van der Waals surface area contributed by atoms with Crippen molar-refractivity contribution in [2.45, 2.75) is 12.8 Å². The van der Waals surface area contributed by atoms with E-state index in [0.717, 1.165) is 24.9 Å². The van der Waals surface area contributed by atoms with Gasteiger partial charge < -0.3 is 9.84 Å². The molecule has 0 aliphatic rings. The Morgan fingerprint density at radius 2 is 2.11 bits per heavy atom. The summed E-state index contributed by atoms with van der Waals surface area (Å²) in [7, 11) is 1.91. The van der Waals surface area contributed by atoms with Gasteiger partial charge in [-0.15, -0.1) is 0 Å². The van der Waals surface area contributed by atoms with Crippen LogP contribution in [0.4, 0.5) is 0 Å². The molecule has 0 saturated carbocycles.